The molecule has 0 saturated carbocycles. The van der Waals surface area contributed by atoms with Crippen molar-refractivity contribution in [2.24, 2.45) is 0 Å². The molecule has 0 atom stereocenters. The van der Waals surface area contributed by atoms with E-state index in [9.17, 15) is 18.8 Å². The van der Waals surface area contributed by atoms with Crippen molar-refractivity contribution < 1.29 is 23.5 Å². The number of amides is 2. The molecule has 0 N–H and O–H groups in total. The third-order valence-electron chi connectivity index (χ3n) is 4.81. The summed E-state index contributed by atoms with van der Waals surface area (Å²) in [6, 6.07) is 9.55. The summed E-state index contributed by atoms with van der Waals surface area (Å²) >= 11 is 1.15. The second-order valence-corrected chi connectivity index (χ2v) is 8.21. The second kappa shape index (κ2) is 12.5. The fourth-order valence-corrected chi connectivity index (χ4v) is 4.04. The molecule has 1 aromatic carbocycles. The standard InChI is InChI=1S/C25H25FN4O4S/c1-3-34-24(33)12-14-29(16-19-7-6-13-27-15-19)23(32)11-10-20-17-35-25(28-20)30(18(2)31)22-9-5-4-8-21(22)26/h4-11,13,15,17H,3,12,14,16H2,1-2H3/b11-10+. The molecule has 0 radical (unpaired) electrons. The Balaban J connectivity index is 1.76. The molecule has 35 heavy (non-hydrogen) atoms. The van der Waals surface area contributed by atoms with E-state index in [1.807, 2.05) is 6.07 Å². The number of nitrogens with zero attached hydrogens (tertiary/aromatic N) is 4. The SMILES string of the molecule is CCOC(=O)CCN(Cc1cccnc1)C(=O)/C=C/c1csc(N(C(C)=O)c2ccccc2F)n1. The lowest BCUT2D eigenvalue weighted by Crippen LogP contribution is -2.31. The van der Waals surface area contributed by atoms with Crippen molar-refractivity contribution in [1.82, 2.24) is 14.9 Å². The van der Waals surface area contributed by atoms with Crippen LogP contribution in [0.1, 0.15) is 31.5 Å². The number of rotatable bonds is 10. The Morgan fingerprint density at radius 3 is 2.66 bits per heavy atom. The molecule has 0 fully saturated rings. The van der Waals surface area contributed by atoms with Gasteiger partial charge in [0.15, 0.2) is 5.13 Å². The van der Waals surface area contributed by atoms with Crippen molar-refractivity contribution >= 4 is 46.0 Å². The third kappa shape index (κ3) is 7.28. The fraction of sp³-hybridized carbons (Fsp3) is 0.240. The van der Waals surface area contributed by atoms with Crippen molar-refractivity contribution in [2.45, 2.75) is 26.8 Å². The van der Waals surface area contributed by atoms with Gasteiger partial charge in [0.25, 0.3) is 0 Å². The average Bonchev–Trinajstić information content (AvgIpc) is 3.30. The van der Waals surface area contributed by atoms with Crippen LogP contribution in [0.25, 0.3) is 6.08 Å². The normalized spacial score (nSPS) is 10.8. The Bertz CT molecular complexity index is 1200. The van der Waals surface area contributed by atoms with Crippen LogP contribution in [0.4, 0.5) is 15.2 Å². The van der Waals surface area contributed by atoms with Gasteiger partial charge in [0.05, 0.1) is 24.4 Å². The van der Waals surface area contributed by atoms with E-state index in [1.54, 1.807) is 36.8 Å². The first kappa shape index (κ1) is 25.7. The Kier molecular flexibility index (Phi) is 9.19. The summed E-state index contributed by atoms with van der Waals surface area (Å²) in [5, 5.41) is 1.95. The van der Waals surface area contributed by atoms with Gasteiger partial charge in [-0.1, -0.05) is 18.2 Å². The molecule has 3 aromatic rings. The molecular weight excluding hydrogens is 471 g/mol. The number of pyridine rings is 1. The van der Waals surface area contributed by atoms with E-state index in [0.29, 0.717) is 5.69 Å². The number of carbonyl (C=O) groups excluding carboxylic acids is 3. The average molecular weight is 497 g/mol. The second-order valence-electron chi connectivity index (χ2n) is 7.37. The predicted octanol–water partition coefficient (Wildman–Crippen LogP) is 4.36. The molecule has 0 aliphatic rings. The minimum Gasteiger partial charge on any atom is -0.466 e. The van der Waals surface area contributed by atoms with Crippen LogP contribution >= 0.6 is 11.3 Å². The molecule has 0 aliphatic carbocycles. The third-order valence-corrected chi connectivity index (χ3v) is 5.65. The summed E-state index contributed by atoms with van der Waals surface area (Å²) in [5.41, 5.74) is 1.35. The molecular formula is C25H25FN4O4S. The van der Waals surface area contributed by atoms with Gasteiger partial charge < -0.3 is 9.64 Å². The molecule has 3 rings (SSSR count). The van der Waals surface area contributed by atoms with Gasteiger partial charge in [-0.05, 0) is 36.8 Å². The van der Waals surface area contributed by atoms with Crippen molar-refractivity contribution in [3.63, 3.8) is 0 Å². The van der Waals surface area contributed by atoms with Crippen LogP contribution in [0.5, 0.6) is 0 Å². The first-order valence-electron chi connectivity index (χ1n) is 10.9. The number of para-hydroxylation sites is 1. The Hall–Kier alpha value is -3.92. The van der Waals surface area contributed by atoms with Crippen LogP contribution in [0.15, 0.2) is 60.2 Å². The van der Waals surface area contributed by atoms with Crippen LogP contribution in [-0.4, -0.2) is 45.8 Å². The predicted molar refractivity (Wildman–Crippen MR) is 131 cm³/mol. The van der Waals surface area contributed by atoms with Crippen LogP contribution in [-0.2, 0) is 25.7 Å². The highest BCUT2D eigenvalue weighted by Gasteiger charge is 2.21. The van der Waals surface area contributed by atoms with Crippen LogP contribution in [0.3, 0.4) is 0 Å². The highest BCUT2D eigenvalue weighted by molar-refractivity contribution is 7.14. The van der Waals surface area contributed by atoms with Gasteiger partial charge in [0, 0.05) is 43.9 Å². The minimum atomic E-state index is -0.544. The number of anilines is 2. The number of halogens is 1. The van der Waals surface area contributed by atoms with Crippen molar-refractivity contribution in [3.8, 4) is 0 Å². The van der Waals surface area contributed by atoms with E-state index in [-0.39, 0.29) is 48.8 Å². The summed E-state index contributed by atoms with van der Waals surface area (Å²) in [7, 11) is 0. The maximum absolute atomic E-state index is 14.3. The highest BCUT2D eigenvalue weighted by atomic mass is 32.1. The summed E-state index contributed by atoms with van der Waals surface area (Å²) in [6.45, 7) is 3.76. The van der Waals surface area contributed by atoms with Crippen LogP contribution < -0.4 is 4.90 Å². The van der Waals surface area contributed by atoms with Gasteiger partial charge in [-0.2, -0.15) is 0 Å². The summed E-state index contributed by atoms with van der Waals surface area (Å²) in [5.74, 6) is -1.65. The van der Waals surface area contributed by atoms with Gasteiger partial charge in [0.2, 0.25) is 11.8 Å². The lowest BCUT2D eigenvalue weighted by molar-refractivity contribution is -0.143. The molecule has 0 unspecified atom stereocenters. The Labute approximate surface area is 206 Å². The van der Waals surface area contributed by atoms with Crippen LogP contribution in [0.2, 0.25) is 0 Å². The quantitative estimate of drug-likeness (QED) is 0.306. The van der Waals surface area contributed by atoms with Gasteiger partial charge in [-0.25, -0.2) is 9.37 Å². The van der Waals surface area contributed by atoms with Crippen molar-refractivity contribution in [3.05, 3.63) is 77.3 Å². The zero-order chi connectivity index (χ0) is 25.2. The number of carbonyl (C=O) groups is 3. The van der Waals surface area contributed by atoms with E-state index in [0.717, 1.165) is 16.9 Å². The van der Waals surface area contributed by atoms with Crippen LogP contribution in [0, 0.1) is 5.82 Å². The summed E-state index contributed by atoms with van der Waals surface area (Å²) in [6.07, 6.45) is 6.22. The molecule has 0 bridgehead atoms. The monoisotopic (exact) mass is 496 g/mol. The Morgan fingerprint density at radius 1 is 1.17 bits per heavy atom. The van der Waals surface area contributed by atoms with E-state index >= 15 is 0 Å². The van der Waals surface area contributed by atoms with E-state index in [1.165, 1.54) is 47.1 Å². The summed E-state index contributed by atoms with van der Waals surface area (Å²) < 4.78 is 19.2. The van der Waals surface area contributed by atoms with Gasteiger partial charge in [0.1, 0.15) is 5.82 Å². The minimum absolute atomic E-state index is 0.0603. The number of hydrogen-bond donors (Lipinski definition) is 0. The number of esters is 1. The molecule has 0 aliphatic heterocycles. The molecule has 2 heterocycles. The number of thiazole rings is 1. The maximum Gasteiger partial charge on any atom is 0.307 e. The molecule has 10 heteroatoms. The summed E-state index contributed by atoms with van der Waals surface area (Å²) in [4.78, 5) is 48.1. The first-order valence-corrected chi connectivity index (χ1v) is 11.8. The van der Waals surface area contributed by atoms with E-state index < -0.39 is 11.7 Å². The molecule has 0 spiro atoms. The number of aromatic nitrogens is 2. The maximum atomic E-state index is 14.3. The largest absolute Gasteiger partial charge is 0.466 e. The fourth-order valence-electron chi connectivity index (χ4n) is 3.20. The zero-order valence-corrected chi connectivity index (χ0v) is 20.2. The first-order chi connectivity index (χ1) is 16.9. The molecule has 2 amide bonds. The highest BCUT2D eigenvalue weighted by Crippen LogP contribution is 2.31. The zero-order valence-electron chi connectivity index (χ0n) is 19.4. The van der Waals surface area contributed by atoms with Gasteiger partial charge in [-0.15, -0.1) is 11.3 Å². The van der Waals surface area contributed by atoms with E-state index in [4.69, 9.17) is 4.74 Å². The van der Waals surface area contributed by atoms with Gasteiger partial charge in [-0.3, -0.25) is 24.3 Å². The van der Waals surface area contributed by atoms with Crippen molar-refractivity contribution in [2.75, 3.05) is 18.1 Å². The van der Waals surface area contributed by atoms with E-state index in [2.05, 4.69) is 9.97 Å². The molecule has 0 saturated heterocycles. The topological polar surface area (TPSA) is 92.7 Å². The van der Waals surface area contributed by atoms with Crippen molar-refractivity contribution in [1.29, 1.82) is 0 Å². The molecule has 8 nitrogen and oxygen atoms in total. The number of hydrogen-bond acceptors (Lipinski definition) is 7. The Morgan fingerprint density at radius 2 is 1.97 bits per heavy atom. The van der Waals surface area contributed by atoms with Gasteiger partial charge >= 0.3 is 5.97 Å². The lowest BCUT2D eigenvalue weighted by Gasteiger charge is -2.20. The number of benzene rings is 1. The molecule has 182 valence electrons. The molecule has 2 aromatic heterocycles. The number of ether oxygens (including phenoxy) is 1. The smallest absolute Gasteiger partial charge is 0.307 e. The lowest BCUT2D eigenvalue weighted by atomic mass is 10.2.